The standard InChI is InChI=1S/C13H16IN3O5S/c1-2-12(19)15-6-5-9-3-4-10(11(18)7-9)17-16(14)13(20)8-23(17,21)22/h3-4,7,18H,2,5-6,8H2,1H3,(H,15,19). The second kappa shape index (κ2) is 6.91. The predicted molar refractivity (Wildman–Crippen MR) is 92.2 cm³/mol. The number of amides is 2. The Hall–Kier alpha value is -1.56. The zero-order chi connectivity index (χ0) is 17.2. The molecule has 2 N–H and O–H groups in total. The fourth-order valence-electron chi connectivity index (χ4n) is 2.08. The number of hydrogen-bond acceptors (Lipinski definition) is 5. The summed E-state index contributed by atoms with van der Waals surface area (Å²) >= 11 is 1.58. The van der Waals surface area contributed by atoms with Crippen molar-refractivity contribution < 1.29 is 23.1 Å². The highest BCUT2D eigenvalue weighted by atomic mass is 127. The van der Waals surface area contributed by atoms with E-state index in [9.17, 15) is 23.1 Å². The Morgan fingerprint density at radius 2 is 2.13 bits per heavy atom. The second-order valence-corrected chi connectivity index (χ2v) is 7.64. The van der Waals surface area contributed by atoms with E-state index in [-0.39, 0.29) is 17.3 Å². The molecule has 2 rings (SSSR count). The molecule has 1 aliphatic rings. The smallest absolute Gasteiger partial charge is 0.268 e. The normalized spacial score (nSPS) is 16.7. The van der Waals surface area contributed by atoms with Gasteiger partial charge in [-0.3, -0.25) is 9.59 Å². The number of sulfonamides is 1. The van der Waals surface area contributed by atoms with Crippen LogP contribution in [0.15, 0.2) is 18.2 Å². The van der Waals surface area contributed by atoms with Gasteiger partial charge in [-0.1, -0.05) is 13.0 Å². The molecule has 0 saturated carbocycles. The molecule has 1 aliphatic heterocycles. The zero-order valence-corrected chi connectivity index (χ0v) is 15.3. The molecule has 126 valence electrons. The van der Waals surface area contributed by atoms with E-state index in [4.69, 9.17) is 0 Å². The highest BCUT2D eigenvalue weighted by molar-refractivity contribution is 14.1. The minimum Gasteiger partial charge on any atom is -0.506 e. The van der Waals surface area contributed by atoms with Crippen LogP contribution < -0.4 is 9.73 Å². The van der Waals surface area contributed by atoms with Crippen molar-refractivity contribution in [2.45, 2.75) is 19.8 Å². The fourth-order valence-corrected chi connectivity index (χ4v) is 4.84. The summed E-state index contributed by atoms with van der Waals surface area (Å²) in [6.07, 6.45) is 0.899. The van der Waals surface area contributed by atoms with Crippen molar-refractivity contribution in [1.82, 2.24) is 8.54 Å². The first-order valence-electron chi connectivity index (χ1n) is 6.86. The molecule has 0 spiro atoms. The van der Waals surface area contributed by atoms with Crippen LogP contribution in [0.4, 0.5) is 5.69 Å². The van der Waals surface area contributed by atoms with E-state index in [2.05, 4.69) is 5.32 Å². The summed E-state index contributed by atoms with van der Waals surface area (Å²) in [5, 5.41) is 12.8. The van der Waals surface area contributed by atoms with Crippen LogP contribution in [-0.2, 0) is 26.0 Å². The van der Waals surface area contributed by atoms with Crippen molar-refractivity contribution in [2.24, 2.45) is 0 Å². The van der Waals surface area contributed by atoms with Crippen molar-refractivity contribution in [3.63, 3.8) is 0 Å². The first kappa shape index (κ1) is 17.8. The number of carbonyl (C=O) groups excluding carboxylic acids is 2. The number of phenolic OH excluding ortho intramolecular Hbond substituents is 1. The number of anilines is 1. The maximum Gasteiger partial charge on any atom is 0.268 e. The summed E-state index contributed by atoms with van der Waals surface area (Å²) in [5.74, 6) is -1.51. The van der Waals surface area contributed by atoms with Gasteiger partial charge in [0.2, 0.25) is 5.91 Å². The van der Waals surface area contributed by atoms with E-state index in [0.717, 1.165) is 13.2 Å². The quantitative estimate of drug-likeness (QED) is 0.505. The van der Waals surface area contributed by atoms with Crippen LogP contribution in [0.1, 0.15) is 18.9 Å². The molecule has 2 amide bonds. The van der Waals surface area contributed by atoms with Gasteiger partial charge in [-0.2, -0.15) is 7.64 Å². The van der Waals surface area contributed by atoms with Gasteiger partial charge in [0.1, 0.15) is 11.4 Å². The Kier molecular flexibility index (Phi) is 5.34. The number of nitrogens with zero attached hydrogens (tertiary/aromatic N) is 2. The van der Waals surface area contributed by atoms with Gasteiger partial charge in [0, 0.05) is 13.0 Å². The number of hydrogen-bond donors (Lipinski definition) is 2. The average molecular weight is 453 g/mol. The Morgan fingerprint density at radius 3 is 2.65 bits per heavy atom. The van der Waals surface area contributed by atoms with Gasteiger partial charge in [-0.15, -0.1) is 0 Å². The number of aromatic hydroxyl groups is 1. The Bertz CT molecular complexity index is 737. The first-order chi connectivity index (χ1) is 10.8. The van der Waals surface area contributed by atoms with Crippen molar-refractivity contribution in [3.8, 4) is 5.75 Å². The molecule has 8 nitrogen and oxygen atoms in total. The number of carbonyl (C=O) groups is 2. The SMILES string of the molecule is CCC(=O)NCCc1ccc(N2N(I)C(=O)CS2(=O)=O)c(O)c1. The molecule has 0 aromatic heterocycles. The van der Waals surface area contributed by atoms with Crippen LogP contribution in [0, 0.1) is 0 Å². The average Bonchev–Trinajstić information content (AvgIpc) is 2.68. The number of phenols is 1. The zero-order valence-electron chi connectivity index (χ0n) is 12.3. The molecule has 1 aromatic rings. The van der Waals surface area contributed by atoms with E-state index < -0.39 is 21.7 Å². The van der Waals surface area contributed by atoms with E-state index in [0.29, 0.717) is 19.4 Å². The molecule has 1 heterocycles. The van der Waals surface area contributed by atoms with Gasteiger partial charge in [0.15, 0.2) is 5.75 Å². The summed E-state index contributed by atoms with van der Waals surface area (Å²) in [6, 6.07) is 4.51. The van der Waals surface area contributed by atoms with Crippen LogP contribution in [0.25, 0.3) is 0 Å². The van der Waals surface area contributed by atoms with Gasteiger partial charge < -0.3 is 10.4 Å². The molecule has 1 saturated heterocycles. The third kappa shape index (κ3) is 3.86. The maximum absolute atomic E-state index is 12.0. The topological polar surface area (TPSA) is 107 Å². The van der Waals surface area contributed by atoms with Gasteiger partial charge in [-0.25, -0.2) is 8.42 Å². The van der Waals surface area contributed by atoms with Crippen LogP contribution in [0.5, 0.6) is 5.75 Å². The van der Waals surface area contributed by atoms with Gasteiger partial charge in [-0.05, 0) is 24.1 Å². The minimum atomic E-state index is -3.82. The lowest BCUT2D eigenvalue weighted by atomic mass is 10.1. The summed E-state index contributed by atoms with van der Waals surface area (Å²) < 4.78 is 25.7. The van der Waals surface area contributed by atoms with Crippen molar-refractivity contribution in [2.75, 3.05) is 16.7 Å². The Labute approximate surface area is 148 Å². The molecule has 10 heteroatoms. The van der Waals surface area contributed by atoms with E-state index in [1.165, 1.54) is 12.1 Å². The second-order valence-electron chi connectivity index (χ2n) is 4.93. The number of benzene rings is 1. The lowest BCUT2D eigenvalue weighted by Crippen LogP contribution is -2.33. The molecular formula is C13H16IN3O5S. The van der Waals surface area contributed by atoms with E-state index in [1.807, 2.05) is 0 Å². The molecule has 0 unspecified atom stereocenters. The molecule has 1 aromatic carbocycles. The number of rotatable bonds is 5. The summed E-state index contributed by atoms with van der Waals surface area (Å²) in [4.78, 5) is 22.7. The van der Waals surface area contributed by atoms with Gasteiger partial charge in [0.05, 0.1) is 22.9 Å². The highest BCUT2D eigenvalue weighted by Gasteiger charge is 2.42. The first-order valence-corrected chi connectivity index (χ1v) is 9.44. The van der Waals surface area contributed by atoms with Crippen LogP contribution in [0.2, 0.25) is 0 Å². The summed E-state index contributed by atoms with van der Waals surface area (Å²) in [6.45, 7) is 2.17. The van der Waals surface area contributed by atoms with Crippen molar-refractivity contribution >= 4 is 50.4 Å². The molecule has 0 atom stereocenters. The molecule has 1 fully saturated rings. The lowest BCUT2D eigenvalue weighted by molar-refractivity contribution is -0.122. The van der Waals surface area contributed by atoms with Crippen molar-refractivity contribution in [3.05, 3.63) is 23.8 Å². The third-order valence-corrected chi connectivity index (χ3v) is 6.00. The largest absolute Gasteiger partial charge is 0.506 e. The molecule has 0 bridgehead atoms. The Balaban J connectivity index is 2.17. The van der Waals surface area contributed by atoms with Crippen LogP contribution >= 0.6 is 22.9 Å². The van der Waals surface area contributed by atoms with Crippen LogP contribution in [-0.4, -0.2) is 40.9 Å². The van der Waals surface area contributed by atoms with Crippen molar-refractivity contribution in [1.29, 1.82) is 0 Å². The highest BCUT2D eigenvalue weighted by Crippen LogP contribution is 2.35. The molecule has 0 radical (unpaired) electrons. The summed E-state index contributed by atoms with van der Waals surface area (Å²) in [5.41, 5.74) is 0.761. The number of halogens is 1. The molecule has 23 heavy (non-hydrogen) atoms. The lowest BCUT2D eigenvalue weighted by Gasteiger charge is -2.23. The Morgan fingerprint density at radius 1 is 1.43 bits per heavy atom. The fraction of sp³-hybridized carbons (Fsp3) is 0.385. The maximum atomic E-state index is 12.0. The number of hydrazine groups is 1. The predicted octanol–water partition coefficient (Wildman–Crippen LogP) is 0.704. The van der Waals surface area contributed by atoms with Crippen LogP contribution in [0.3, 0.4) is 0 Å². The van der Waals surface area contributed by atoms with E-state index in [1.54, 1.807) is 35.9 Å². The van der Waals surface area contributed by atoms with Gasteiger partial charge in [0.25, 0.3) is 15.9 Å². The monoisotopic (exact) mass is 453 g/mol. The number of nitrogens with one attached hydrogen (secondary N) is 1. The van der Waals surface area contributed by atoms with E-state index >= 15 is 0 Å². The third-order valence-electron chi connectivity index (χ3n) is 3.24. The molecule has 0 aliphatic carbocycles. The van der Waals surface area contributed by atoms with Gasteiger partial charge >= 0.3 is 0 Å². The summed E-state index contributed by atoms with van der Waals surface area (Å²) in [7, 11) is -3.82. The minimum absolute atomic E-state index is 0.0200. The molecular weight excluding hydrogens is 437 g/mol.